The van der Waals surface area contributed by atoms with Crippen molar-refractivity contribution in [3.05, 3.63) is 12.3 Å². The molecule has 0 aromatic carbocycles. The Morgan fingerprint density at radius 3 is 2.40 bits per heavy atom. The second-order valence-corrected chi connectivity index (χ2v) is 11.3. The van der Waals surface area contributed by atoms with Crippen LogP contribution in [0, 0.1) is 0 Å². The Kier molecular flexibility index (Phi) is 8.12. The SMILES string of the molecule is COC(=O)/C=C/OC(C)CCCO[Si](C)(C)C(C)(C)C. The molecule has 0 aliphatic heterocycles. The maximum Gasteiger partial charge on any atom is 0.333 e. The number of rotatable bonds is 8. The van der Waals surface area contributed by atoms with Crippen LogP contribution in [0.2, 0.25) is 18.1 Å². The second-order valence-electron chi connectivity index (χ2n) is 6.52. The van der Waals surface area contributed by atoms with Gasteiger partial charge in [-0.2, -0.15) is 0 Å². The molecule has 0 aliphatic carbocycles. The third-order valence-corrected chi connectivity index (χ3v) is 8.28. The smallest absolute Gasteiger partial charge is 0.333 e. The highest BCUT2D eigenvalue weighted by atomic mass is 28.4. The Bertz CT molecular complexity index is 318. The van der Waals surface area contributed by atoms with Crippen LogP contribution in [0.25, 0.3) is 0 Å². The summed E-state index contributed by atoms with van der Waals surface area (Å²) >= 11 is 0. The fourth-order valence-electron chi connectivity index (χ4n) is 1.28. The molecule has 0 rings (SSSR count). The standard InChI is InChI=1S/C15H30O4Si/c1-13(18-12-10-14(16)17-5)9-8-11-19-20(6,7)15(2,3)4/h10,12-13H,8-9,11H2,1-7H3/b12-10+. The van der Waals surface area contributed by atoms with E-state index in [0.717, 1.165) is 19.4 Å². The minimum Gasteiger partial charge on any atom is -0.498 e. The molecule has 1 atom stereocenters. The van der Waals surface area contributed by atoms with Crippen molar-refractivity contribution in [2.75, 3.05) is 13.7 Å². The summed E-state index contributed by atoms with van der Waals surface area (Å²) in [5, 5.41) is 0.248. The first-order valence-electron chi connectivity index (χ1n) is 7.14. The summed E-state index contributed by atoms with van der Waals surface area (Å²) < 4.78 is 16.0. The van der Waals surface area contributed by atoms with Gasteiger partial charge < -0.3 is 13.9 Å². The van der Waals surface area contributed by atoms with Gasteiger partial charge in [0.15, 0.2) is 8.32 Å². The molecule has 0 N–H and O–H groups in total. The van der Waals surface area contributed by atoms with Gasteiger partial charge >= 0.3 is 5.97 Å². The van der Waals surface area contributed by atoms with Crippen molar-refractivity contribution in [1.29, 1.82) is 0 Å². The van der Waals surface area contributed by atoms with Crippen LogP contribution >= 0.6 is 0 Å². The van der Waals surface area contributed by atoms with Crippen molar-refractivity contribution in [3.63, 3.8) is 0 Å². The van der Waals surface area contributed by atoms with Crippen LogP contribution in [0.1, 0.15) is 40.5 Å². The summed E-state index contributed by atoms with van der Waals surface area (Å²) in [6, 6.07) is 0. The number of esters is 1. The van der Waals surface area contributed by atoms with Gasteiger partial charge in [-0.3, -0.25) is 0 Å². The van der Waals surface area contributed by atoms with Gasteiger partial charge in [-0.25, -0.2) is 4.79 Å². The summed E-state index contributed by atoms with van der Waals surface area (Å²) in [6.07, 6.45) is 4.60. The summed E-state index contributed by atoms with van der Waals surface area (Å²) in [4.78, 5) is 10.9. The summed E-state index contributed by atoms with van der Waals surface area (Å²) in [5.41, 5.74) is 0. The number of carbonyl (C=O) groups excluding carboxylic acids is 1. The van der Waals surface area contributed by atoms with Crippen molar-refractivity contribution in [2.24, 2.45) is 0 Å². The van der Waals surface area contributed by atoms with E-state index >= 15 is 0 Å². The summed E-state index contributed by atoms with van der Waals surface area (Å²) in [5.74, 6) is -0.404. The Hall–Kier alpha value is -0.813. The first-order chi connectivity index (χ1) is 9.10. The van der Waals surface area contributed by atoms with Crippen LogP contribution in [0.5, 0.6) is 0 Å². The molecule has 0 radical (unpaired) electrons. The Morgan fingerprint density at radius 2 is 1.90 bits per heavy atom. The molecule has 0 heterocycles. The van der Waals surface area contributed by atoms with Crippen LogP contribution in [0.3, 0.4) is 0 Å². The molecule has 4 nitrogen and oxygen atoms in total. The van der Waals surface area contributed by atoms with Crippen molar-refractivity contribution in [3.8, 4) is 0 Å². The third-order valence-electron chi connectivity index (χ3n) is 3.74. The van der Waals surface area contributed by atoms with E-state index in [2.05, 4.69) is 38.6 Å². The predicted molar refractivity (Wildman–Crippen MR) is 84.1 cm³/mol. The van der Waals surface area contributed by atoms with Gasteiger partial charge in [0.1, 0.15) is 0 Å². The Morgan fingerprint density at radius 1 is 1.30 bits per heavy atom. The van der Waals surface area contributed by atoms with E-state index in [1.165, 1.54) is 19.4 Å². The van der Waals surface area contributed by atoms with E-state index in [1.807, 2.05) is 6.92 Å². The molecule has 0 saturated carbocycles. The fourth-order valence-corrected chi connectivity index (χ4v) is 2.37. The molecule has 0 aliphatic rings. The van der Waals surface area contributed by atoms with Crippen molar-refractivity contribution in [2.45, 2.75) is 64.8 Å². The summed E-state index contributed by atoms with van der Waals surface area (Å²) in [7, 11) is -0.297. The van der Waals surface area contributed by atoms with E-state index in [0.29, 0.717) is 0 Å². The molecule has 0 spiro atoms. The Labute approximate surface area is 124 Å². The lowest BCUT2D eigenvalue weighted by Gasteiger charge is -2.36. The minimum atomic E-state index is -1.64. The highest BCUT2D eigenvalue weighted by Gasteiger charge is 2.36. The van der Waals surface area contributed by atoms with Crippen molar-refractivity contribution in [1.82, 2.24) is 0 Å². The molecule has 0 aromatic heterocycles. The van der Waals surface area contributed by atoms with Gasteiger partial charge in [0.05, 0.1) is 25.6 Å². The highest BCUT2D eigenvalue weighted by molar-refractivity contribution is 6.74. The zero-order chi connectivity index (χ0) is 15.8. The van der Waals surface area contributed by atoms with Gasteiger partial charge in [-0.05, 0) is 37.9 Å². The van der Waals surface area contributed by atoms with E-state index in [4.69, 9.17) is 9.16 Å². The third kappa shape index (κ3) is 7.70. The first kappa shape index (κ1) is 19.2. The van der Waals surface area contributed by atoms with Crippen LogP contribution in [0.15, 0.2) is 12.3 Å². The van der Waals surface area contributed by atoms with Crippen LogP contribution < -0.4 is 0 Å². The zero-order valence-corrected chi connectivity index (χ0v) is 15.0. The topological polar surface area (TPSA) is 44.8 Å². The quantitative estimate of drug-likeness (QED) is 0.224. The number of hydrogen-bond acceptors (Lipinski definition) is 4. The number of ether oxygens (including phenoxy) is 2. The van der Waals surface area contributed by atoms with Crippen LogP contribution in [-0.2, 0) is 18.7 Å². The average molecular weight is 302 g/mol. The predicted octanol–water partition coefficient (Wildman–Crippen LogP) is 3.88. The Balaban J connectivity index is 3.85. The van der Waals surface area contributed by atoms with Gasteiger partial charge in [-0.1, -0.05) is 20.8 Å². The normalized spacial score (nSPS) is 14.3. The number of carbonyl (C=O) groups is 1. The number of methoxy groups -OCH3 is 1. The van der Waals surface area contributed by atoms with E-state index in [1.54, 1.807) is 0 Å². The monoisotopic (exact) mass is 302 g/mol. The lowest BCUT2D eigenvalue weighted by atomic mass is 10.2. The maximum absolute atomic E-state index is 10.9. The molecular formula is C15H30O4Si. The van der Waals surface area contributed by atoms with E-state index < -0.39 is 14.3 Å². The van der Waals surface area contributed by atoms with E-state index in [9.17, 15) is 4.79 Å². The van der Waals surface area contributed by atoms with Gasteiger partial charge in [0.25, 0.3) is 0 Å². The van der Waals surface area contributed by atoms with Crippen LogP contribution in [-0.4, -0.2) is 34.1 Å². The molecule has 0 aromatic rings. The molecule has 0 saturated heterocycles. The number of hydrogen-bond donors (Lipinski definition) is 0. The van der Waals surface area contributed by atoms with Gasteiger partial charge in [0, 0.05) is 6.61 Å². The fraction of sp³-hybridized carbons (Fsp3) is 0.800. The van der Waals surface area contributed by atoms with Gasteiger partial charge in [0.2, 0.25) is 0 Å². The van der Waals surface area contributed by atoms with E-state index in [-0.39, 0.29) is 11.1 Å². The van der Waals surface area contributed by atoms with Crippen LogP contribution in [0.4, 0.5) is 0 Å². The lowest BCUT2D eigenvalue weighted by Crippen LogP contribution is -2.41. The molecule has 5 heteroatoms. The van der Waals surface area contributed by atoms with Crippen molar-refractivity contribution >= 4 is 14.3 Å². The average Bonchev–Trinajstić information content (AvgIpc) is 2.33. The highest BCUT2D eigenvalue weighted by Crippen LogP contribution is 2.36. The van der Waals surface area contributed by atoms with Crippen molar-refractivity contribution < 1.29 is 18.7 Å². The first-order valence-corrected chi connectivity index (χ1v) is 10.0. The lowest BCUT2D eigenvalue weighted by molar-refractivity contribution is -0.135. The van der Waals surface area contributed by atoms with Gasteiger partial charge in [-0.15, -0.1) is 0 Å². The molecule has 20 heavy (non-hydrogen) atoms. The molecule has 1 unspecified atom stereocenters. The maximum atomic E-state index is 10.9. The summed E-state index contributed by atoms with van der Waals surface area (Å²) in [6.45, 7) is 14.0. The zero-order valence-electron chi connectivity index (χ0n) is 14.0. The second kappa shape index (κ2) is 8.47. The molecule has 0 bridgehead atoms. The molecule has 0 fully saturated rings. The molecular weight excluding hydrogens is 272 g/mol. The minimum absolute atomic E-state index is 0.0684. The molecule has 118 valence electrons. The largest absolute Gasteiger partial charge is 0.498 e. The molecule has 0 amide bonds.